The van der Waals surface area contributed by atoms with Crippen LogP contribution in [0.5, 0.6) is 0 Å². The summed E-state index contributed by atoms with van der Waals surface area (Å²) in [5, 5.41) is 7.07. The van der Waals surface area contributed by atoms with Crippen LogP contribution in [-0.2, 0) is 6.54 Å². The number of hydrogen-bond acceptors (Lipinski definition) is 5. The van der Waals surface area contributed by atoms with Gasteiger partial charge >= 0.3 is 0 Å². The molecule has 0 radical (unpaired) electrons. The number of rotatable bonds is 5. The minimum absolute atomic E-state index is 0.551. The van der Waals surface area contributed by atoms with Crippen molar-refractivity contribution in [3.8, 4) is 0 Å². The zero-order valence-corrected chi connectivity index (χ0v) is 19.5. The van der Waals surface area contributed by atoms with Crippen LogP contribution in [0, 0.1) is 12.8 Å². The standard InChI is InChI=1S/C24H34N6S/c1-18-6-8-20(9-7-18)17-25-24(31)28-23-26-21(29-12-4-3-5-13-29)16-22(27-23)30-14-10-19(2)11-15-30/h6-9,16,19H,3-5,10-15,17H2,1-2H3,(H2,25,26,27,28,31). The van der Waals surface area contributed by atoms with Crippen LogP contribution < -0.4 is 20.4 Å². The van der Waals surface area contributed by atoms with E-state index in [2.05, 4.69) is 64.6 Å². The SMILES string of the molecule is Cc1ccc(CNC(=S)Nc2nc(N3CCCCC3)cc(N3CCC(C)CC3)n2)cc1. The van der Waals surface area contributed by atoms with Crippen molar-refractivity contribution < 1.29 is 0 Å². The van der Waals surface area contributed by atoms with Crippen LogP contribution in [0.25, 0.3) is 0 Å². The smallest absolute Gasteiger partial charge is 0.232 e. The molecule has 166 valence electrons. The molecular formula is C24H34N6S. The Labute approximate surface area is 191 Å². The van der Waals surface area contributed by atoms with E-state index in [-0.39, 0.29) is 0 Å². The van der Waals surface area contributed by atoms with Gasteiger partial charge in [-0.05, 0) is 62.7 Å². The molecule has 0 unspecified atom stereocenters. The second kappa shape index (κ2) is 10.3. The van der Waals surface area contributed by atoms with Crippen molar-refractivity contribution in [2.45, 2.75) is 52.5 Å². The van der Waals surface area contributed by atoms with Crippen LogP contribution in [-0.4, -0.2) is 41.3 Å². The first kappa shape index (κ1) is 21.8. The molecule has 0 saturated carbocycles. The third-order valence-corrected chi connectivity index (χ3v) is 6.53. The average Bonchev–Trinajstić information content (AvgIpc) is 2.79. The molecule has 7 heteroatoms. The maximum Gasteiger partial charge on any atom is 0.232 e. The van der Waals surface area contributed by atoms with Gasteiger partial charge in [0.15, 0.2) is 5.11 Å². The van der Waals surface area contributed by atoms with Gasteiger partial charge in [0, 0.05) is 38.8 Å². The number of nitrogens with one attached hydrogen (secondary N) is 2. The Balaban J connectivity index is 1.47. The zero-order valence-electron chi connectivity index (χ0n) is 18.7. The predicted molar refractivity (Wildman–Crippen MR) is 133 cm³/mol. The summed E-state index contributed by atoms with van der Waals surface area (Å²) in [6.45, 7) is 9.32. The van der Waals surface area contributed by atoms with Gasteiger partial charge in [-0.1, -0.05) is 36.8 Å². The molecule has 2 aliphatic heterocycles. The molecule has 2 aromatic rings. The maximum absolute atomic E-state index is 5.55. The Bertz CT molecular complexity index is 870. The van der Waals surface area contributed by atoms with E-state index >= 15 is 0 Å². The molecule has 4 rings (SSSR count). The van der Waals surface area contributed by atoms with Gasteiger partial charge in [-0.3, -0.25) is 0 Å². The van der Waals surface area contributed by atoms with Crippen molar-refractivity contribution >= 4 is 34.9 Å². The Kier molecular flexibility index (Phi) is 7.22. The molecule has 1 aromatic heterocycles. The largest absolute Gasteiger partial charge is 0.358 e. The van der Waals surface area contributed by atoms with Gasteiger partial charge in [-0.2, -0.15) is 9.97 Å². The van der Waals surface area contributed by atoms with Crippen LogP contribution in [0.15, 0.2) is 30.3 Å². The third-order valence-electron chi connectivity index (χ3n) is 6.29. The highest BCUT2D eigenvalue weighted by atomic mass is 32.1. The summed E-state index contributed by atoms with van der Waals surface area (Å²) in [6.07, 6.45) is 6.17. The lowest BCUT2D eigenvalue weighted by atomic mass is 9.99. The molecule has 2 fully saturated rings. The normalized spacial score (nSPS) is 17.5. The Morgan fingerprint density at radius 3 is 2.23 bits per heavy atom. The quantitative estimate of drug-likeness (QED) is 0.667. The first-order valence-corrected chi connectivity index (χ1v) is 12.0. The van der Waals surface area contributed by atoms with Gasteiger partial charge in [-0.25, -0.2) is 0 Å². The lowest BCUT2D eigenvalue weighted by molar-refractivity contribution is 0.436. The van der Waals surface area contributed by atoms with Gasteiger partial charge in [-0.15, -0.1) is 0 Å². The van der Waals surface area contributed by atoms with Gasteiger partial charge in [0.25, 0.3) is 0 Å². The first-order valence-electron chi connectivity index (χ1n) is 11.6. The summed E-state index contributed by atoms with van der Waals surface area (Å²) < 4.78 is 0. The molecule has 31 heavy (non-hydrogen) atoms. The number of hydrogen-bond donors (Lipinski definition) is 2. The minimum Gasteiger partial charge on any atom is -0.358 e. The predicted octanol–water partition coefficient (Wildman–Crippen LogP) is 4.50. The first-order chi connectivity index (χ1) is 15.1. The topological polar surface area (TPSA) is 56.3 Å². The second-order valence-electron chi connectivity index (χ2n) is 8.92. The zero-order chi connectivity index (χ0) is 21.6. The molecule has 0 amide bonds. The van der Waals surface area contributed by atoms with Gasteiger partial charge in [0.05, 0.1) is 0 Å². The number of anilines is 3. The molecule has 0 atom stereocenters. The summed E-state index contributed by atoms with van der Waals surface area (Å²) in [4.78, 5) is 14.4. The highest BCUT2D eigenvalue weighted by Crippen LogP contribution is 2.27. The van der Waals surface area contributed by atoms with E-state index in [0.717, 1.165) is 43.7 Å². The fourth-order valence-electron chi connectivity index (χ4n) is 4.20. The van der Waals surface area contributed by atoms with Crippen LogP contribution in [0.2, 0.25) is 0 Å². The molecule has 0 spiro atoms. The highest BCUT2D eigenvalue weighted by molar-refractivity contribution is 7.80. The van der Waals surface area contributed by atoms with Crippen molar-refractivity contribution in [1.29, 1.82) is 0 Å². The molecule has 0 bridgehead atoms. The van der Waals surface area contributed by atoms with Gasteiger partial charge < -0.3 is 20.4 Å². The molecular weight excluding hydrogens is 404 g/mol. The van der Waals surface area contributed by atoms with Gasteiger partial charge in [0.2, 0.25) is 5.95 Å². The van der Waals surface area contributed by atoms with Crippen LogP contribution >= 0.6 is 12.2 Å². The number of aryl methyl sites for hydroxylation is 1. The van der Waals surface area contributed by atoms with E-state index in [0.29, 0.717) is 17.6 Å². The molecule has 2 N–H and O–H groups in total. The van der Waals surface area contributed by atoms with Crippen LogP contribution in [0.4, 0.5) is 17.6 Å². The monoisotopic (exact) mass is 438 g/mol. The number of benzene rings is 1. The fraction of sp³-hybridized carbons (Fsp3) is 0.542. The van der Waals surface area contributed by atoms with E-state index in [9.17, 15) is 0 Å². The molecule has 6 nitrogen and oxygen atoms in total. The Hall–Kier alpha value is -2.41. The van der Waals surface area contributed by atoms with Crippen LogP contribution in [0.1, 0.15) is 50.2 Å². The number of piperidine rings is 2. The lowest BCUT2D eigenvalue weighted by Crippen LogP contribution is -2.35. The molecule has 1 aromatic carbocycles. The molecule has 2 saturated heterocycles. The molecule has 0 aliphatic carbocycles. The number of thiocarbonyl (C=S) groups is 1. The number of aromatic nitrogens is 2. The Morgan fingerprint density at radius 1 is 0.968 bits per heavy atom. The van der Waals surface area contributed by atoms with E-state index < -0.39 is 0 Å². The van der Waals surface area contributed by atoms with Crippen molar-refractivity contribution in [3.05, 3.63) is 41.5 Å². The third kappa shape index (κ3) is 6.06. The summed E-state index contributed by atoms with van der Waals surface area (Å²) >= 11 is 5.55. The fourth-order valence-corrected chi connectivity index (χ4v) is 4.36. The number of nitrogens with zero attached hydrogens (tertiary/aromatic N) is 4. The van der Waals surface area contributed by atoms with Crippen molar-refractivity contribution in [2.75, 3.05) is 41.3 Å². The average molecular weight is 439 g/mol. The second-order valence-corrected chi connectivity index (χ2v) is 9.33. The van der Waals surface area contributed by atoms with E-state index in [4.69, 9.17) is 22.2 Å². The lowest BCUT2D eigenvalue weighted by Gasteiger charge is -2.33. The highest BCUT2D eigenvalue weighted by Gasteiger charge is 2.21. The van der Waals surface area contributed by atoms with Gasteiger partial charge in [0.1, 0.15) is 11.6 Å². The Morgan fingerprint density at radius 2 is 1.58 bits per heavy atom. The van der Waals surface area contributed by atoms with Crippen molar-refractivity contribution in [1.82, 2.24) is 15.3 Å². The van der Waals surface area contributed by atoms with E-state index in [1.165, 1.54) is 43.2 Å². The van der Waals surface area contributed by atoms with Crippen molar-refractivity contribution in [2.24, 2.45) is 5.92 Å². The summed E-state index contributed by atoms with van der Waals surface area (Å²) in [5.74, 6) is 3.38. The molecule has 3 heterocycles. The van der Waals surface area contributed by atoms with Crippen molar-refractivity contribution in [3.63, 3.8) is 0 Å². The maximum atomic E-state index is 5.55. The van der Waals surface area contributed by atoms with Crippen LogP contribution in [0.3, 0.4) is 0 Å². The van der Waals surface area contributed by atoms with E-state index in [1.54, 1.807) is 0 Å². The summed E-state index contributed by atoms with van der Waals surface area (Å²) in [6, 6.07) is 10.6. The summed E-state index contributed by atoms with van der Waals surface area (Å²) in [7, 11) is 0. The summed E-state index contributed by atoms with van der Waals surface area (Å²) in [5.41, 5.74) is 2.45. The minimum atomic E-state index is 0.551. The van der Waals surface area contributed by atoms with E-state index in [1.807, 2.05) is 0 Å². The molecule has 2 aliphatic rings.